The van der Waals surface area contributed by atoms with Crippen molar-refractivity contribution in [2.75, 3.05) is 18.7 Å². The summed E-state index contributed by atoms with van der Waals surface area (Å²) >= 11 is 3.39. The molecule has 0 N–H and O–H groups in total. The summed E-state index contributed by atoms with van der Waals surface area (Å²) < 4.78 is 11.9. The summed E-state index contributed by atoms with van der Waals surface area (Å²) in [6, 6.07) is 13.0. The molecule has 0 fully saturated rings. The van der Waals surface area contributed by atoms with E-state index in [9.17, 15) is 4.79 Å². The lowest BCUT2D eigenvalue weighted by Crippen LogP contribution is -2.21. The highest BCUT2D eigenvalue weighted by Gasteiger charge is 2.28. The van der Waals surface area contributed by atoms with Gasteiger partial charge in [-0.1, -0.05) is 22.0 Å². The van der Waals surface area contributed by atoms with Crippen LogP contribution in [0.25, 0.3) is 6.08 Å². The Morgan fingerprint density at radius 2 is 1.88 bits per heavy atom. The lowest BCUT2D eigenvalue weighted by Gasteiger charge is -2.12. The quantitative estimate of drug-likeness (QED) is 0.668. The summed E-state index contributed by atoms with van der Waals surface area (Å²) in [6.45, 7) is 4.31. The van der Waals surface area contributed by atoms with E-state index in [4.69, 9.17) is 9.47 Å². The fourth-order valence-electron chi connectivity index (χ4n) is 2.66. The second-order valence-corrected chi connectivity index (χ2v) is 6.60. The summed E-state index contributed by atoms with van der Waals surface area (Å²) in [5, 5.41) is 5.81. The van der Waals surface area contributed by atoms with Crippen LogP contribution in [-0.4, -0.2) is 25.3 Å². The van der Waals surface area contributed by atoms with Crippen LogP contribution in [0.3, 0.4) is 0 Å². The lowest BCUT2D eigenvalue weighted by atomic mass is 10.1. The van der Waals surface area contributed by atoms with Crippen molar-refractivity contribution in [1.29, 1.82) is 0 Å². The van der Waals surface area contributed by atoms with E-state index in [2.05, 4.69) is 21.0 Å². The molecule has 1 aliphatic heterocycles. The predicted octanol–water partition coefficient (Wildman–Crippen LogP) is 4.66. The van der Waals surface area contributed by atoms with Crippen LogP contribution in [0.4, 0.5) is 5.69 Å². The van der Waals surface area contributed by atoms with Crippen molar-refractivity contribution < 1.29 is 14.3 Å². The molecular weight excluding hydrogens is 396 g/mol. The van der Waals surface area contributed by atoms with Gasteiger partial charge in [-0.15, -0.1) is 0 Å². The number of amides is 1. The van der Waals surface area contributed by atoms with Crippen LogP contribution in [0.5, 0.6) is 11.5 Å². The Morgan fingerprint density at radius 1 is 1.15 bits per heavy atom. The van der Waals surface area contributed by atoms with Gasteiger partial charge in [0.1, 0.15) is 0 Å². The van der Waals surface area contributed by atoms with Gasteiger partial charge in [-0.2, -0.15) is 10.1 Å². The zero-order valence-corrected chi connectivity index (χ0v) is 16.4. The summed E-state index contributed by atoms with van der Waals surface area (Å²) in [4.78, 5) is 12.8. The minimum Gasteiger partial charge on any atom is -0.493 e. The van der Waals surface area contributed by atoms with Gasteiger partial charge in [-0.05, 0) is 61.9 Å². The first-order valence-electron chi connectivity index (χ1n) is 8.21. The summed E-state index contributed by atoms with van der Waals surface area (Å²) in [5.74, 6) is 1.15. The van der Waals surface area contributed by atoms with Gasteiger partial charge in [-0.25, -0.2) is 0 Å². The van der Waals surface area contributed by atoms with Crippen LogP contribution in [0.1, 0.15) is 19.4 Å². The third kappa shape index (κ3) is 3.65. The number of nitrogens with zero attached hydrogens (tertiary/aromatic N) is 2. The number of benzene rings is 2. The molecule has 0 bridgehead atoms. The topological polar surface area (TPSA) is 51.1 Å². The Hall–Kier alpha value is -2.60. The molecule has 0 atom stereocenters. The third-order valence-corrected chi connectivity index (χ3v) is 4.46. The van der Waals surface area contributed by atoms with Crippen molar-refractivity contribution in [2.24, 2.45) is 5.10 Å². The Morgan fingerprint density at radius 3 is 2.54 bits per heavy atom. The molecule has 0 radical (unpaired) electrons. The minimum absolute atomic E-state index is 0.155. The Balaban J connectivity index is 1.91. The molecule has 3 rings (SSSR count). The molecule has 2 aromatic rings. The van der Waals surface area contributed by atoms with E-state index in [1.165, 1.54) is 5.01 Å². The molecule has 0 spiro atoms. The van der Waals surface area contributed by atoms with Gasteiger partial charge in [0.25, 0.3) is 5.91 Å². The molecule has 0 aromatic heterocycles. The van der Waals surface area contributed by atoms with Gasteiger partial charge < -0.3 is 9.47 Å². The molecule has 26 heavy (non-hydrogen) atoms. The molecule has 0 saturated carbocycles. The first kappa shape index (κ1) is 18.2. The number of hydrogen-bond acceptors (Lipinski definition) is 4. The number of methoxy groups -OCH3 is 1. The Bertz CT molecular complexity index is 888. The van der Waals surface area contributed by atoms with Crippen LogP contribution >= 0.6 is 15.9 Å². The van der Waals surface area contributed by atoms with Crippen LogP contribution in [0, 0.1) is 0 Å². The van der Waals surface area contributed by atoms with Gasteiger partial charge >= 0.3 is 0 Å². The molecule has 5 nitrogen and oxygen atoms in total. The average Bonchev–Trinajstić information content (AvgIpc) is 2.92. The van der Waals surface area contributed by atoms with Gasteiger partial charge in [-0.3, -0.25) is 4.79 Å². The first-order valence-corrected chi connectivity index (χ1v) is 9.01. The van der Waals surface area contributed by atoms with Crippen LogP contribution in [0.15, 0.2) is 57.6 Å². The molecule has 1 amide bonds. The maximum absolute atomic E-state index is 12.8. The summed E-state index contributed by atoms with van der Waals surface area (Å²) in [7, 11) is 1.59. The largest absolute Gasteiger partial charge is 0.493 e. The highest BCUT2D eigenvalue weighted by atomic mass is 79.9. The van der Waals surface area contributed by atoms with E-state index in [1.54, 1.807) is 7.11 Å². The number of rotatable bonds is 5. The zero-order chi connectivity index (χ0) is 18.7. The SMILES string of the molecule is CCOc1ccc(C=C2C(=O)N(c3ccc(Br)cc3)N=C2C)cc1OC. The fourth-order valence-corrected chi connectivity index (χ4v) is 2.92. The number of hydrogen-bond donors (Lipinski definition) is 0. The third-order valence-electron chi connectivity index (χ3n) is 3.93. The van der Waals surface area contributed by atoms with Gasteiger partial charge in [0.05, 0.1) is 30.7 Å². The highest BCUT2D eigenvalue weighted by Crippen LogP contribution is 2.30. The van der Waals surface area contributed by atoms with E-state index in [0.29, 0.717) is 29.4 Å². The van der Waals surface area contributed by atoms with E-state index >= 15 is 0 Å². The van der Waals surface area contributed by atoms with Crippen molar-refractivity contribution in [3.63, 3.8) is 0 Å². The Kier molecular flexibility index (Phi) is 5.42. The molecule has 2 aromatic carbocycles. The van der Waals surface area contributed by atoms with E-state index in [-0.39, 0.29) is 5.91 Å². The summed E-state index contributed by atoms with van der Waals surface area (Å²) in [5.41, 5.74) is 2.80. The second kappa shape index (κ2) is 7.74. The van der Waals surface area contributed by atoms with Crippen molar-refractivity contribution in [2.45, 2.75) is 13.8 Å². The van der Waals surface area contributed by atoms with Crippen molar-refractivity contribution in [3.8, 4) is 11.5 Å². The molecule has 1 heterocycles. The number of anilines is 1. The number of carbonyl (C=O) groups excluding carboxylic acids is 1. The first-order chi connectivity index (χ1) is 12.5. The maximum atomic E-state index is 12.8. The molecule has 134 valence electrons. The van der Waals surface area contributed by atoms with Crippen LogP contribution in [0.2, 0.25) is 0 Å². The van der Waals surface area contributed by atoms with E-state index in [0.717, 1.165) is 15.7 Å². The maximum Gasteiger partial charge on any atom is 0.280 e. The number of ether oxygens (including phenoxy) is 2. The smallest absolute Gasteiger partial charge is 0.280 e. The van der Waals surface area contributed by atoms with Gasteiger partial charge in [0.15, 0.2) is 11.5 Å². The number of hydrazone groups is 1. The van der Waals surface area contributed by atoms with E-state index < -0.39 is 0 Å². The zero-order valence-electron chi connectivity index (χ0n) is 14.8. The molecule has 0 aliphatic carbocycles. The van der Waals surface area contributed by atoms with Crippen LogP contribution in [-0.2, 0) is 4.79 Å². The van der Waals surface area contributed by atoms with Gasteiger partial charge in [0, 0.05) is 4.47 Å². The number of carbonyl (C=O) groups is 1. The predicted molar refractivity (Wildman–Crippen MR) is 107 cm³/mol. The van der Waals surface area contributed by atoms with Crippen molar-refractivity contribution >= 4 is 39.3 Å². The second-order valence-electron chi connectivity index (χ2n) is 5.68. The van der Waals surface area contributed by atoms with Crippen molar-refractivity contribution in [1.82, 2.24) is 0 Å². The number of halogens is 1. The highest BCUT2D eigenvalue weighted by molar-refractivity contribution is 9.10. The normalized spacial score (nSPS) is 15.4. The molecule has 1 aliphatic rings. The molecule has 6 heteroatoms. The molecule has 0 unspecified atom stereocenters. The average molecular weight is 415 g/mol. The molecule has 0 saturated heterocycles. The van der Waals surface area contributed by atoms with Crippen molar-refractivity contribution in [3.05, 3.63) is 58.1 Å². The van der Waals surface area contributed by atoms with Crippen LogP contribution < -0.4 is 14.5 Å². The summed E-state index contributed by atoms with van der Waals surface area (Å²) in [6.07, 6.45) is 1.82. The lowest BCUT2D eigenvalue weighted by molar-refractivity contribution is -0.114. The fraction of sp³-hybridized carbons (Fsp3) is 0.200. The van der Waals surface area contributed by atoms with E-state index in [1.807, 2.05) is 62.4 Å². The monoisotopic (exact) mass is 414 g/mol. The Labute approximate surface area is 161 Å². The molecular formula is C20H19BrN2O3. The standard InChI is InChI=1S/C20H19BrN2O3/c1-4-26-18-10-5-14(12-19(18)25-3)11-17-13(2)22-23(20(17)24)16-8-6-15(21)7-9-16/h5-12H,4H2,1-3H3. The van der Waals surface area contributed by atoms with Gasteiger partial charge in [0.2, 0.25) is 0 Å². The minimum atomic E-state index is -0.155.